The Morgan fingerprint density at radius 2 is 0.522 bits per heavy atom. The van der Waals surface area contributed by atoms with Crippen molar-refractivity contribution in [3.05, 3.63) is 70.3 Å². The summed E-state index contributed by atoms with van der Waals surface area (Å²) in [4.78, 5) is 0. The van der Waals surface area contributed by atoms with Crippen molar-refractivity contribution in [2.24, 2.45) is 0 Å². The van der Waals surface area contributed by atoms with Crippen LogP contribution in [0.5, 0.6) is 0 Å². The molecule has 0 bridgehead atoms. The molecule has 23 heavy (non-hydrogen) atoms. The molecule has 2 rings (SSSR count). The zero-order valence-corrected chi connectivity index (χ0v) is 11.1. The van der Waals surface area contributed by atoms with Gasteiger partial charge in [0.1, 0.15) is 0 Å². The molecule has 0 heterocycles. The van der Waals surface area contributed by atoms with Gasteiger partial charge in [-0.25, -0.2) is 26.3 Å². The Morgan fingerprint density at radius 1 is 0.348 bits per heavy atom. The molecule has 0 unspecified atom stereocenters. The monoisotopic (exact) mass is 392 g/mol. The molecule has 0 atom stereocenters. The standard InChI is InChI=1S/2C6F5.Ni/c2*7-2-1-3(8)5(10)6(11)4(2)9;/q2*-1;+2. The van der Waals surface area contributed by atoms with E-state index >= 15 is 0 Å². The molecule has 0 radical (unpaired) electrons. The van der Waals surface area contributed by atoms with Crippen LogP contribution in [0.3, 0.4) is 0 Å². The van der Waals surface area contributed by atoms with Gasteiger partial charge in [-0.3, -0.25) is 17.6 Å². The van der Waals surface area contributed by atoms with E-state index in [-0.39, 0.29) is 16.5 Å². The summed E-state index contributed by atoms with van der Waals surface area (Å²) < 4.78 is 120. The smallest absolute Gasteiger partial charge is 0.278 e. The van der Waals surface area contributed by atoms with Crippen LogP contribution in [0, 0.1) is 70.3 Å². The van der Waals surface area contributed by atoms with E-state index in [9.17, 15) is 43.9 Å². The molecular weight excluding hydrogens is 393 g/mol. The van der Waals surface area contributed by atoms with Crippen LogP contribution < -0.4 is 0 Å². The quantitative estimate of drug-likeness (QED) is 0.205. The molecule has 0 aromatic heterocycles. The second-order valence-electron chi connectivity index (χ2n) is 3.39. The van der Waals surface area contributed by atoms with Gasteiger partial charge in [0.2, 0.25) is 0 Å². The van der Waals surface area contributed by atoms with Crippen LogP contribution in [-0.4, -0.2) is 0 Å². The predicted molar refractivity (Wildman–Crippen MR) is 50.1 cm³/mol. The van der Waals surface area contributed by atoms with Gasteiger partial charge in [-0.15, -0.1) is 12.1 Å². The first kappa shape index (κ1) is 21.2. The second kappa shape index (κ2) is 8.19. The summed E-state index contributed by atoms with van der Waals surface area (Å²) >= 11 is 0. The van der Waals surface area contributed by atoms with Crippen LogP contribution in [0.25, 0.3) is 0 Å². The number of hydrogen-bond acceptors (Lipinski definition) is 0. The largest absolute Gasteiger partial charge is 2.00 e. The topological polar surface area (TPSA) is 0 Å². The molecule has 0 aliphatic rings. The van der Waals surface area contributed by atoms with Crippen molar-refractivity contribution in [3.63, 3.8) is 0 Å². The van der Waals surface area contributed by atoms with E-state index in [0.29, 0.717) is 0 Å². The van der Waals surface area contributed by atoms with Gasteiger partial charge >= 0.3 is 16.5 Å². The molecule has 0 fully saturated rings. The van der Waals surface area contributed by atoms with E-state index in [1.807, 2.05) is 0 Å². The van der Waals surface area contributed by atoms with E-state index in [1.165, 1.54) is 0 Å². The van der Waals surface area contributed by atoms with Crippen molar-refractivity contribution >= 4 is 0 Å². The van der Waals surface area contributed by atoms with Crippen molar-refractivity contribution in [3.8, 4) is 0 Å². The van der Waals surface area contributed by atoms with Gasteiger partial charge in [0, 0.05) is 0 Å². The van der Waals surface area contributed by atoms with E-state index in [1.54, 1.807) is 0 Å². The van der Waals surface area contributed by atoms with Gasteiger partial charge in [-0.1, -0.05) is 0 Å². The van der Waals surface area contributed by atoms with Gasteiger partial charge in [0.25, 0.3) is 0 Å². The summed E-state index contributed by atoms with van der Waals surface area (Å²) in [5.41, 5.74) is 0. The summed E-state index contributed by atoms with van der Waals surface area (Å²) in [6.07, 6.45) is 0. The molecule has 0 N–H and O–H groups in total. The van der Waals surface area contributed by atoms with E-state index in [2.05, 4.69) is 0 Å². The minimum atomic E-state index is -2.17. The number of rotatable bonds is 0. The SMILES string of the molecule is Fc1[c-]c(F)c(F)c(F)c1F.Fc1[c-]c(F)c(F)c(F)c1F.[Ni+2]. The van der Waals surface area contributed by atoms with Crippen LogP contribution >= 0.6 is 0 Å². The maximum Gasteiger partial charge on any atom is 2.00 e. The van der Waals surface area contributed by atoms with E-state index in [4.69, 9.17) is 0 Å². The van der Waals surface area contributed by atoms with Crippen LogP contribution in [0.1, 0.15) is 0 Å². The maximum absolute atomic E-state index is 12.0. The Bertz CT molecular complexity index is 602. The Hall–Kier alpha value is -1.77. The van der Waals surface area contributed by atoms with Gasteiger partial charge in [0.05, 0.1) is 58.2 Å². The molecular formula is C12F10Ni. The number of hydrogen-bond donors (Lipinski definition) is 0. The fourth-order valence-electron chi connectivity index (χ4n) is 0.990. The van der Waals surface area contributed by atoms with Crippen molar-refractivity contribution in [2.45, 2.75) is 0 Å². The fraction of sp³-hybridized carbons (Fsp3) is 0. The summed E-state index contributed by atoms with van der Waals surface area (Å²) in [5.74, 6) is -20.1. The zero-order chi connectivity index (χ0) is 17.2. The molecule has 128 valence electrons. The normalized spacial score (nSPS) is 9.83. The van der Waals surface area contributed by atoms with Crippen LogP contribution in [0.15, 0.2) is 0 Å². The summed E-state index contributed by atoms with van der Waals surface area (Å²) in [5, 5.41) is 0. The first-order valence-electron chi connectivity index (χ1n) is 4.89. The number of halogens is 10. The van der Waals surface area contributed by atoms with Crippen molar-refractivity contribution in [1.29, 1.82) is 0 Å². The van der Waals surface area contributed by atoms with Crippen molar-refractivity contribution in [2.75, 3.05) is 0 Å². The molecule has 0 nitrogen and oxygen atoms in total. The Labute approximate surface area is 131 Å². The third-order valence-electron chi connectivity index (χ3n) is 1.98. The molecule has 11 heteroatoms. The molecule has 0 saturated carbocycles. The number of benzene rings is 2. The van der Waals surface area contributed by atoms with Crippen LogP contribution in [0.2, 0.25) is 0 Å². The Kier molecular flexibility index (Phi) is 7.56. The minimum absolute atomic E-state index is 0. The van der Waals surface area contributed by atoms with E-state index in [0.717, 1.165) is 12.1 Å². The molecule has 0 amide bonds. The van der Waals surface area contributed by atoms with Crippen molar-refractivity contribution in [1.82, 2.24) is 0 Å². The Morgan fingerprint density at radius 3 is 0.696 bits per heavy atom. The predicted octanol–water partition coefficient (Wildman–Crippen LogP) is 4.36. The third-order valence-corrected chi connectivity index (χ3v) is 1.98. The summed E-state index contributed by atoms with van der Waals surface area (Å²) in [6.45, 7) is 0. The average molecular weight is 393 g/mol. The zero-order valence-electron chi connectivity index (χ0n) is 10.1. The van der Waals surface area contributed by atoms with Crippen LogP contribution in [0.4, 0.5) is 43.9 Å². The van der Waals surface area contributed by atoms with E-state index < -0.39 is 58.2 Å². The average Bonchev–Trinajstić information content (AvgIpc) is 2.47. The first-order valence-corrected chi connectivity index (χ1v) is 4.89. The third kappa shape index (κ3) is 4.60. The second-order valence-corrected chi connectivity index (χ2v) is 3.39. The summed E-state index contributed by atoms with van der Waals surface area (Å²) in [7, 11) is 0. The molecule has 0 saturated heterocycles. The van der Waals surface area contributed by atoms with Gasteiger partial charge < -0.3 is 0 Å². The Balaban J connectivity index is 0.000000403. The van der Waals surface area contributed by atoms with Gasteiger partial charge in [0.15, 0.2) is 0 Å². The molecule has 0 aliphatic carbocycles. The fourth-order valence-corrected chi connectivity index (χ4v) is 0.990. The minimum Gasteiger partial charge on any atom is -0.278 e. The molecule has 0 aliphatic heterocycles. The van der Waals surface area contributed by atoms with Crippen LogP contribution in [-0.2, 0) is 16.5 Å². The maximum atomic E-state index is 12.0. The molecule has 0 spiro atoms. The van der Waals surface area contributed by atoms with Crippen molar-refractivity contribution < 1.29 is 60.4 Å². The molecule has 2 aromatic rings. The van der Waals surface area contributed by atoms with Gasteiger partial charge in [-0.05, 0) is 0 Å². The van der Waals surface area contributed by atoms with Gasteiger partial charge in [-0.2, -0.15) is 0 Å². The molecule has 2 aromatic carbocycles. The first-order chi connectivity index (χ1) is 10.1. The summed E-state index contributed by atoms with van der Waals surface area (Å²) in [6, 6.07) is 2.05.